The lowest BCUT2D eigenvalue weighted by Crippen LogP contribution is -2.49. The molecule has 1 aromatic rings. The van der Waals surface area contributed by atoms with Gasteiger partial charge < -0.3 is 15.1 Å². The molecule has 0 bridgehead atoms. The van der Waals surface area contributed by atoms with Crippen molar-refractivity contribution in [1.82, 2.24) is 15.1 Å². The Kier molecular flexibility index (Phi) is 7.32. The molecule has 1 aliphatic rings. The maximum Gasteiger partial charge on any atom is 0.254 e. The van der Waals surface area contributed by atoms with E-state index in [4.69, 9.17) is 0 Å². The zero-order valence-electron chi connectivity index (χ0n) is 12.8. The Morgan fingerprint density at radius 2 is 1.95 bits per heavy atom. The first-order chi connectivity index (χ1) is 10.0. The summed E-state index contributed by atoms with van der Waals surface area (Å²) in [6.45, 7) is 5.05. The normalized spacial score (nSPS) is 14.2. The zero-order valence-corrected chi connectivity index (χ0v) is 15.2. The fraction of sp³-hybridized carbons (Fsp3) is 0.467. The number of carbonyl (C=O) groups is 2. The van der Waals surface area contributed by atoms with Gasteiger partial charge in [0.05, 0.1) is 6.54 Å². The largest absolute Gasteiger partial charge is 0.339 e. The Morgan fingerprint density at radius 1 is 1.32 bits per heavy atom. The van der Waals surface area contributed by atoms with Gasteiger partial charge in [-0.05, 0) is 24.6 Å². The second-order valence-corrected chi connectivity index (χ2v) is 6.06. The fourth-order valence-electron chi connectivity index (χ4n) is 2.33. The van der Waals surface area contributed by atoms with E-state index in [1.807, 2.05) is 19.1 Å². The summed E-state index contributed by atoms with van der Waals surface area (Å²) in [5.41, 5.74) is 1.52. The second kappa shape index (κ2) is 8.50. The summed E-state index contributed by atoms with van der Waals surface area (Å²) in [7, 11) is 1.67. The van der Waals surface area contributed by atoms with Gasteiger partial charge in [0.1, 0.15) is 0 Å². The van der Waals surface area contributed by atoms with Gasteiger partial charge in [-0.25, -0.2) is 0 Å². The molecule has 2 amide bonds. The van der Waals surface area contributed by atoms with Crippen molar-refractivity contribution >= 4 is 40.2 Å². The molecule has 7 heteroatoms. The molecule has 22 heavy (non-hydrogen) atoms. The number of nitrogens with one attached hydrogen (secondary N) is 1. The van der Waals surface area contributed by atoms with Gasteiger partial charge in [-0.1, -0.05) is 22.0 Å². The third-order valence-corrected chi connectivity index (χ3v) is 4.55. The van der Waals surface area contributed by atoms with Crippen LogP contribution in [0.2, 0.25) is 0 Å². The van der Waals surface area contributed by atoms with Crippen LogP contribution in [0.25, 0.3) is 0 Å². The molecule has 0 unspecified atom stereocenters. The number of likely N-dealkylation sites (N-methyl/N-ethyl adjacent to an activating group) is 1. The summed E-state index contributed by atoms with van der Waals surface area (Å²) >= 11 is 3.42. The first-order valence-corrected chi connectivity index (χ1v) is 7.79. The molecule has 1 fully saturated rings. The Morgan fingerprint density at radius 3 is 2.59 bits per heavy atom. The SMILES string of the molecule is Cc1c(Br)cccc1C(=O)N(C)CC(=O)N1CCNCC1.Cl. The number of nitrogens with zero attached hydrogens (tertiary/aromatic N) is 2. The molecule has 0 atom stereocenters. The molecule has 1 saturated heterocycles. The summed E-state index contributed by atoms with van der Waals surface area (Å²) in [5.74, 6) is -0.128. The van der Waals surface area contributed by atoms with E-state index in [1.54, 1.807) is 18.0 Å². The van der Waals surface area contributed by atoms with Crippen molar-refractivity contribution in [3.63, 3.8) is 0 Å². The van der Waals surface area contributed by atoms with Gasteiger partial charge in [-0.2, -0.15) is 0 Å². The van der Waals surface area contributed by atoms with Crippen LogP contribution < -0.4 is 5.32 Å². The van der Waals surface area contributed by atoms with Crippen molar-refractivity contribution in [1.29, 1.82) is 0 Å². The number of amides is 2. The molecule has 1 N–H and O–H groups in total. The first kappa shape index (κ1) is 18.9. The quantitative estimate of drug-likeness (QED) is 0.854. The monoisotopic (exact) mass is 389 g/mol. The number of carbonyl (C=O) groups excluding carboxylic acids is 2. The third-order valence-electron chi connectivity index (χ3n) is 3.69. The maximum atomic E-state index is 12.5. The van der Waals surface area contributed by atoms with Crippen LogP contribution in [0.4, 0.5) is 0 Å². The van der Waals surface area contributed by atoms with Gasteiger partial charge in [-0.3, -0.25) is 9.59 Å². The highest BCUT2D eigenvalue weighted by Gasteiger charge is 2.21. The Bertz CT molecular complexity index is 548. The predicted octanol–water partition coefficient (Wildman–Crippen LogP) is 1.68. The van der Waals surface area contributed by atoms with E-state index < -0.39 is 0 Å². The van der Waals surface area contributed by atoms with Crippen LogP contribution in [0.15, 0.2) is 22.7 Å². The first-order valence-electron chi connectivity index (χ1n) is 7.00. The van der Waals surface area contributed by atoms with E-state index in [9.17, 15) is 9.59 Å². The lowest BCUT2D eigenvalue weighted by Gasteiger charge is -2.29. The van der Waals surface area contributed by atoms with Gasteiger partial charge >= 0.3 is 0 Å². The number of rotatable bonds is 3. The Balaban J connectivity index is 0.00000242. The summed E-state index contributed by atoms with van der Waals surface area (Å²) in [4.78, 5) is 27.9. The molecule has 5 nitrogen and oxygen atoms in total. The highest BCUT2D eigenvalue weighted by atomic mass is 79.9. The minimum Gasteiger partial charge on any atom is -0.339 e. The van der Waals surface area contributed by atoms with E-state index in [0.717, 1.165) is 23.1 Å². The molecule has 0 spiro atoms. The van der Waals surface area contributed by atoms with Crippen molar-refractivity contribution in [2.75, 3.05) is 39.8 Å². The number of hydrogen-bond donors (Lipinski definition) is 1. The minimum absolute atomic E-state index is 0. The topological polar surface area (TPSA) is 52.7 Å². The molecule has 122 valence electrons. The number of halogens is 2. The highest BCUT2D eigenvalue weighted by Crippen LogP contribution is 2.20. The Hall–Kier alpha value is -1.11. The van der Waals surface area contributed by atoms with Crippen LogP contribution in [0.3, 0.4) is 0 Å². The lowest BCUT2D eigenvalue weighted by molar-refractivity contribution is -0.132. The van der Waals surface area contributed by atoms with Crippen molar-refractivity contribution in [2.45, 2.75) is 6.92 Å². The highest BCUT2D eigenvalue weighted by molar-refractivity contribution is 9.10. The van der Waals surface area contributed by atoms with E-state index in [1.165, 1.54) is 4.90 Å². The van der Waals surface area contributed by atoms with Crippen LogP contribution in [0, 0.1) is 6.92 Å². The van der Waals surface area contributed by atoms with Crippen LogP contribution in [-0.4, -0.2) is 61.4 Å². The van der Waals surface area contributed by atoms with Crippen molar-refractivity contribution in [3.05, 3.63) is 33.8 Å². The molecule has 1 aliphatic heterocycles. The van der Waals surface area contributed by atoms with Crippen molar-refractivity contribution in [2.24, 2.45) is 0 Å². The summed E-state index contributed by atoms with van der Waals surface area (Å²) in [5, 5.41) is 3.21. The molecule has 0 aliphatic carbocycles. The minimum atomic E-state index is -0.128. The van der Waals surface area contributed by atoms with Gasteiger partial charge in [0.15, 0.2) is 0 Å². The predicted molar refractivity (Wildman–Crippen MR) is 92.5 cm³/mol. The molecule has 1 aromatic carbocycles. The average Bonchev–Trinajstić information content (AvgIpc) is 2.50. The van der Waals surface area contributed by atoms with E-state index in [-0.39, 0.29) is 30.8 Å². The van der Waals surface area contributed by atoms with Gasteiger partial charge in [0.25, 0.3) is 5.91 Å². The van der Waals surface area contributed by atoms with Crippen LogP contribution >= 0.6 is 28.3 Å². The standard InChI is InChI=1S/C15H20BrN3O2.ClH/c1-11-12(4-3-5-13(11)16)15(21)18(2)10-14(20)19-8-6-17-7-9-19;/h3-5,17H,6-10H2,1-2H3;1H. The molecule has 0 radical (unpaired) electrons. The van der Waals surface area contributed by atoms with Gasteiger partial charge in [0, 0.05) is 43.3 Å². The van der Waals surface area contributed by atoms with E-state index >= 15 is 0 Å². The number of benzene rings is 1. The molecular formula is C15H21BrClN3O2. The zero-order chi connectivity index (χ0) is 15.4. The van der Waals surface area contributed by atoms with Crippen LogP contribution in [-0.2, 0) is 4.79 Å². The number of piperazine rings is 1. The fourth-order valence-corrected chi connectivity index (χ4v) is 2.70. The Labute approximate surface area is 145 Å². The van der Waals surface area contributed by atoms with E-state index in [2.05, 4.69) is 21.2 Å². The summed E-state index contributed by atoms with van der Waals surface area (Å²) < 4.78 is 0.898. The van der Waals surface area contributed by atoms with Crippen LogP contribution in [0.1, 0.15) is 15.9 Å². The lowest BCUT2D eigenvalue weighted by atomic mass is 10.1. The second-order valence-electron chi connectivity index (χ2n) is 5.20. The summed E-state index contributed by atoms with van der Waals surface area (Å²) in [6.07, 6.45) is 0. The molecule has 0 aromatic heterocycles. The smallest absolute Gasteiger partial charge is 0.254 e. The average molecular weight is 391 g/mol. The maximum absolute atomic E-state index is 12.5. The van der Waals surface area contributed by atoms with Crippen molar-refractivity contribution < 1.29 is 9.59 Å². The van der Waals surface area contributed by atoms with Gasteiger partial charge in [-0.15, -0.1) is 12.4 Å². The third kappa shape index (κ3) is 4.44. The molecule has 0 saturated carbocycles. The molecular weight excluding hydrogens is 370 g/mol. The molecule has 1 heterocycles. The van der Waals surface area contributed by atoms with Crippen molar-refractivity contribution in [3.8, 4) is 0 Å². The van der Waals surface area contributed by atoms with Gasteiger partial charge in [0.2, 0.25) is 5.91 Å². The number of hydrogen-bond acceptors (Lipinski definition) is 3. The van der Waals surface area contributed by atoms with Crippen LogP contribution in [0.5, 0.6) is 0 Å². The summed E-state index contributed by atoms with van der Waals surface area (Å²) in [6, 6.07) is 5.52. The molecule has 2 rings (SSSR count). The van der Waals surface area contributed by atoms with E-state index in [0.29, 0.717) is 18.7 Å².